The summed E-state index contributed by atoms with van der Waals surface area (Å²) in [6.07, 6.45) is 2.50. The molecular weight excluding hydrogens is 342 g/mol. The number of aliphatic hydroxyl groups excluding tert-OH is 1. The minimum absolute atomic E-state index is 0. The van der Waals surface area contributed by atoms with Crippen molar-refractivity contribution >= 4 is 11.3 Å². The van der Waals surface area contributed by atoms with Crippen LogP contribution in [0.3, 0.4) is 0 Å². The van der Waals surface area contributed by atoms with Crippen LogP contribution in [0.25, 0.3) is 0 Å². The van der Waals surface area contributed by atoms with Crippen LogP contribution < -0.4 is 17.7 Å². The largest absolute Gasteiger partial charge is 1.00 e. The first-order valence-electron chi connectivity index (χ1n) is 8.44. The zero-order valence-corrected chi connectivity index (χ0v) is 15.5. The lowest BCUT2D eigenvalue weighted by Gasteiger charge is -2.27. The summed E-state index contributed by atoms with van der Waals surface area (Å²) in [6, 6.07) is 13.9. The summed E-state index contributed by atoms with van der Waals surface area (Å²) in [5.41, 5.74) is 0.272. The average Bonchev–Trinajstić information content (AvgIpc) is 3.29. The molecule has 1 saturated carbocycles. The van der Waals surface area contributed by atoms with Gasteiger partial charge in [0.2, 0.25) is 0 Å². The van der Waals surface area contributed by atoms with Gasteiger partial charge in [0, 0.05) is 11.3 Å². The molecule has 132 valence electrons. The second-order valence-electron chi connectivity index (χ2n) is 6.66. The van der Waals surface area contributed by atoms with E-state index in [0.29, 0.717) is 5.92 Å². The van der Waals surface area contributed by atoms with Crippen LogP contribution in [0.1, 0.15) is 42.7 Å². The molecule has 0 spiro atoms. The first-order valence-corrected chi connectivity index (χ1v) is 9.32. The fourth-order valence-electron chi connectivity index (χ4n) is 3.26. The molecule has 5 heteroatoms. The molecule has 4 N–H and O–H groups in total. The summed E-state index contributed by atoms with van der Waals surface area (Å²) in [6.45, 7) is 2.86. The second-order valence-corrected chi connectivity index (χ2v) is 7.61. The maximum atomic E-state index is 11.1. The van der Waals surface area contributed by atoms with Crippen LogP contribution in [-0.2, 0) is 5.60 Å². The highest BCUT2D eigenvalue weighted by Crippen LogP contribution is 2.48. The number of rotatable bonds is 8. The summed E-state index contributed by atoms with van der Waals surface area (Å²) >= 11 is 1.65. The van der Waals surface area contributed by atoms with E-state index in [9.17, 15) is 10.2 Å². The highest BCUT2D eigenvalue weighted by Gasteiger charge is 2.45. The van der Waals surface area contributed by atoms with Crippen molar-refractivity contribution in [1.82, 2.24) is 0 Å². The topological polar surface area (TPSA) is 57.1 Å². The molecular formula is C19H26ClNO2S. The third-order valence-electron chi connectivity index (χ3n) is 4.90. The zero-order chi connectivity index (χ0) is 16.3. The minimum atomic E-state index is -0.678. The lowest BCUT2D eigenvalue weighted by atomic mass is 9.91. The predicted molar refractivity (Wildman–Crippen MR) is 93.2 cm³/mol. The number of quaternary nitrogens is 1. The highest BCUT2D eigenvalue weighted by atomic mass is 35.5. The average molecular weight is 368 g/mol. The van der Waals surface area contributed by atoms with Gasteiger partial charge in [-0.2, -0.15) is 0 Å². The van der Waals surface area contributed by atoms with Crippen LogP contribution in [0, 0.1) is 5.92 Å². The van der Waals surface area contributed by atoms with Crippen LogP contribution in [0.2, 0.25) is 0 Å². The standard InChI is InChI=1S/C19H25NO2S.ClH/c1-14(18(21)15-6-3-2-4-7-15)20-12-11-19(22,16-9-10-16)17-8-5-13-23-17;/h2-8,13-14,16,18,20-22H,9-12H2,1H3;1H. The van der Waals surface area contributed by atoms with Gasteiger partial charge < -0.3 is 27.9 Å². The Morgan fingerprint density at radius 1 is 1.21 bits per heavy atom. The third kappa shape index (κ3) is 4.38. The maximum Gasteiger partial charge on any atom is 0.130 e. The SMILES string of the molecule is CC([NH2+]CCC(O)(c1cccs1)C1CC1)C(O)c1ccccc1.[Cl-]. The zero-order valence-electron chi connectivity index (χ0n) is 13.9. The smallest absolute Gasteiger partial charge is 0.130 e. The van der Waals surface area contributed by atoms with Gasteiger partial charge in [0.05, 0.1) is 6.54 Å². The lowest BCUT2D eigenvalue weighted by molar-refractivity contribution is -0.696. The van der Waals surface area contributed by atoms with Gasteiger partial charge in [-0.25, -0.2) is 0 Å². The highest BCUT2D eigenvalue weighted by molar-refractivity contribution is 7.10. The van der Waals surface area contributed by atoms with Gasteiger partial charge in [-0.15, -0.1) is 11.3 Å². The van der Waals surface area contributed by atoms with Crippen LogP contribution in [0.5, 0.6) is 0 Å². The quantitative estimate of drug-likeness (QED) is 0.585. The number of hydrogen-bond donors (Lipinski definition) is 3. The Bertz CT molecular complexity index is 603. The molecule has 3 unspecified atom stereocenters. The summed E-state index contributed by atoms with van der Waals surface area (Å²) < 4.78 is 0. The molecule has 1 aromatic carbocycles. The van der Waals surface area contributed by atoms with E-state index in [1.54, 1.807) is 11.3 Å². The van der Waals surface area contributed by atoms with Crippen LogP contribution >= 0.6 is 11.3 Å². The predicted octanol–water partition coefficient (Wildman–Crippen LogP) is -0.575. The van der Waals surface area contributed by atoms with E-state index in [1.165, 1.54) is 0 Å². The molecule has 2 aromatic rings. The normalized spacial score (nSPS) is 19.1. The number of hydrogen-bond acceptors (Lipinski definition) is 3. The van der Waals surface area contributed by atoms with Crippen LogP contribution in [0.15, 0.2) is 47.8 Å². The molecule has 1 aliphatic carbocycles. The van der Waals surface area contributed by atoms with E-state index in [1.807, 2.05) is 54.8 Å². The monoisotopic (exact) mass is 367 g/mol. The van der Waals surface area contributed by atoms with Crippen molar-refractivity contribution in [3.8, 4) is 0 Å². The second kappa shape index (κ2) is 8.45. The molecule has 0 bridgehead atoms. The number of benzene rings is 1. The molecule has 0 aliphatic heterocycles. The number of halogens is 1. The van der Waals surface area contributed by atoms with E-state index in [0.717, 1.165) is 36.2 Å². The first-order chi connectivity index (χ1) is 11.1. The van der Waals surface area contributed by atoms with Gasteiger partial charge in [0.1, 0.15) is 17.7 Å². The van der Waals surface area contributed by atoms with E-state index in [4.69, 9.17) is 0 Å². The molecule has 3 atom stereocenters. The molecule has 1 aliphatic rings. The molecule has 24 heavy (non-hydrogen) atoms. The van der Waals surface area contributed by atoms with Gasteiger partial charge in [-0.3, -0.25) is 0 Å². The Balaban J connectivity index is 0.00000208. The number of thiophene rings is 1. The first kappa shape index (κ1) is 19.4. The number of nitrogens with two attached hydrogens (primary N) is 1. The summed E-state index contributed by atoms with van der Waals surface area (Å²) in [5, 5.41) is 25.7. The van der Waals surface area contributed by atoms with Crippen LogP contribution in [0.4, 0.5) is 0 Å². The molecule has 3 rings (SSSR count). The molecule has 1 aromatic heterocycles. The molecule has 1 heterocycles. The van der Waals surface area contributed by atoms with Gasteiger partial charge in [0.15, 0.2) is 0 Å². The Kier molecular flexibility index (Phi) is 6.84. The summed E-state index contributed by atoms with van der Waals surface area (Å²) in [7, 11) is 0. The minimum Gasteiger partial charge on any atom is -1.00 e. The van der Waals surface area contributed by atoms with Crippen molar-refractivity contribution in [2.24, 2.45) is 5.92 Å². The molecule has 0 saturated heterocycles. The summed E-state index contributed by atoms with van der Waals surface area (Å²) in [5.74, 6) is 0.406. The van der Waals surface area contributed by atoms with E-state index >= 15 is 0 Å². The molecule has 0 radical (unpaired) electrons. The lowest BCUT2D eigenvalue weighted by Crippen LogP contribution is -3.00. The van der Waals surface area contributed by atoms with Crippen molar-refractivity contribution in [2.75, 3.05) is 6.54 Å². The molecule has 0 amide bonds. The van der Waals surface area contributed by atoms with Crippen molar-refractivity contribution in [2.45, 2.75) is 43.9 Å². The van der Waals surface area contributed by atoms with Crippen molar-refractivity contribution in [1.29, 1.82) is 0 Å². The van der Waals surface area contributed by atoms with E-state index in [2.05, 4.69) is 5.32 Å². The van der Waals surface area contributed by atoms with E-state index in [-0.39, 0.29) is 18.4 Å². The molecule has 1 fully saturated rings. The van der Waals surface area contributed by atoms with Crippen molar-refractivity contribution < 1.29 is 27.9 Å². The fourth-order valence-corrected chi connectivity index (χ4v) is 4.20. The number of aliphatic hydroxyl groups is 2. The Morgan fingerprint density at radius 3 is 2.50 bits per heavy atom. The summed E-state index contributed by atoms with van der Waals surface area (Å²) in [4.78, 5) is 1.09. The van der Waals surface area contributed by atoms with Gasteiger partial charge in [-0.1, -0.05) is 36.4 Å². The van der Waals surface area contributed by atoms with Crippen molar-refractivity contribution in [3.63, 3.8) is 0 Å². The molecule has 3 nitrogen and oxygen atoms in total. The fraction of sp³-hybridized carbons (Fsp3) is 0.474. The third-order valence-corrected chi connectivity index (χ3v) is 5.94. The van der Waals surface area contributed by atoms with Gasteiger partial charge >= 0.3 is 0 Å². The van der Waals surface area contributed by atoms with E-state index < -0.39 is 11.7 Å². The van der Waals surface area contributed by atoms with Gasteiger partial charge in [0.25, 0.3) is 0 Å². The van der Waals surface area contributed by atoms with Crippen molar-refractivity contribution in [3.05, 3.63) is 58.3 Å². The van der Waals surface area contributed by atoms with Gasteiger partial charge in [-0.05, 0) is 42.7 Å². The Morgan fingerprint density at radius 2 is 1.92 bits per heavy atom. The maximum absolute atomic E-state index is 11.1. The Labute approximate surface area is 154 Å². The Hall–Kier alpha value is -0.910. The van der Waals surface area contributed by atoms with Crippen LogP contribution in [-0.4, -0.2) is 22.8 Å².